The number of pyridine rings is 1. The topological polar surface area (TPSA) is 109 Å². The Morgan fingerprint density at radius 2 is 1.83 bits per heavy atom. The van der Waals surface area contributed by atoms with E-state index >= 15 is 0 Å². The van der Waals surface area contributed by atoms with Crippen LogP contribution >= 0.6 is 11.6 Å². The van der Waals surface area contributed by atoms with Crippen LogP contribution in [0.3, 0.4) is 0 Å². The molecule has 0 saturated heterocycles. The van der Waals surface area contributed by atoms with Gasteiger partial charge in [-0.3, -0.25) is 4.98 Å². The first-order valence-electron chi connectivity index (χ1n) is 9.37. The van der Waals surface area contributed by atoms with Crippen molar-refractivity contribution in [2.45, 2.75) is 13.5 Å². The smallest absolute Gasteiger partial charge is 0.162 e. The van der Waals surface area contributed by atoms with Crippen molar-refractivity contribution in [1.29, 1.82) is 0 Å². The zero-order valence-corrected chi connectivity index (χ0v) is 17.1. The molecule has 7 nitrogen and oxygen atoms in total. The monoisotopic (exact) mass is 421 g/mol. The number of rotatable bonds is 6. The van der Waals surface area contributed by atoms with Gasteiger partial charge < -0.3 is 20.9 Å². The van der Waals surface area contributed by atoms with Crippen LogP contribution in [0.5, 0.6) is 11.5 Å². The predicted octanol–water partition coefficient (Wildman–Crippen LogP) is 4.49. The molecule has 0 atom stereocenters. The van der Waals surface area contributed by atoms with Gasteiger partial charge in [0.1, 0.15) is 23.9 Å². The van der Waals surface area contributed by atoms with Gasteiger partial charge >= 0.3 is 0 Å². The first-order chi connectivity index (χ1) is 14.5. The molecule has 2 aromatic carbocycles. The molecule has 0 aliphatic rings. The number of halogens is 1. The van der Waals surface area contributed by atoms with Crippen molar-refractivity contribution in [2.75, 3.05) is 18.1 Å². The SMILES string of the molecule is CCOc1cc2nc(-c3ccc(OCc4ccccn4)c(Cl)c3)nc(N)c2cc1N. The highest BCUT2D eigenvalue weighted by Crippen LogP contribution is 2.33. The molecule has 4 aromatic rings. The number of nitrogens with zero attached hydrogens (tertiary/aromatic N) is 3. The molecule has 2 aromatic heterocycles. The van der Waals surface area contributed by atoms with E-state index in [0.29, 0.717) is 63.5 Å². The van der Waals surface area contributed by atoms with E-state index < -0.39 is 0 Å². The van der Waals surface area contributed by atoms with Gasteiger partial charge in [0.15, 0.2) is 5.82 Å². The molecule has 152 valence electrons. The molecule has 2 heterocycles. The molecule has 0 fully saturated rings. The van der Waals surface area contributed by atoms with Gasteiger partial charge in [-0.15, -0.1) is 0 Å². The maximum Gasteiger partial charge on any atom is 0.162 e. The molecular weight excluding hydrogens is 402 g/mol. The Bertz CT molecular complexity index is 1200. The van der Waals surface area contributed by atoms with Gasteiger partial charge in [-0.1, -0.05) is 17.7 Å². The van der Waals surface area contributed by atoms with E-state index in [0.717, 1.165) is 5.69 Å². The molecule has 0 aliphatic heterocycles. The van der Waals surface area contributed by atoms with Crippen LogP contribution in [-0.4, -0.2) is 21.6 Å². The number of anilines is 2. The fourth-order valence-corrected chi connectivity index (χ4v) is 3.23. The van der Waals surface area contributed by atoms with E-state index in [1.165, 1.54) is 0 Å². The molecule has 8 heteroatoms. The Labute approximate surface area is 178 Å². The zero-order valence-electron chi connectivity index (χ0n) is 16.3. The average molecular weight is 422 g/mol. The van der Waals surface area contributed by atoms with E-state index in [9.17, 15) is 0 Å². The number of nitrogen functional groups attached to an aromatic ring is 2. The lowest BCUT2D eigenvalue weighted by molar-refractivity contribution is 0.301. The summed E-state index contributed by atoms with van der Waals surface area (Å²) in [6.07, 6.45) is 1.72. The third-order valence-corrected chi connectivity index (χ3v) is 4.74. The minimum Gasteiger partial charge on any atom is -0.492 e. The van der Waals surface area contributed by atoms with Gasteiger partial charge in [0.05, 0.1) is 28.5 Å². The lowest BCUT2D eigenvalue weighted by Gasteiger charge is -2.12. The summed E-state index contributed by atoms with van der Waals surface area (Å²) in [5.74, 6) is 1.89. The van der Waals surface area contributed by atoms with Gasteiger partial charge in [0, 0.05) is 23.2 Å². The summed E-state index contributed by atoms with van der Waals surface area (Å²) in [6.45, 7) is 2.71. The highest BCUT2D eigenvalue weighted by molar-refractivity contribution is 6.32. The van der Waals surface area contributed by atoms with Crippen molar-refractivity contribution >= 4 is 34.0 Å². The molecule has 0 unspecified atom stereocenters. The Balaban J connectivity index is 1.64. The first kappa shape index (κ1) is 19.7. The van der Waals surface area contributed by atoms with Crippen molar-refractivity contribution in [3.05, 3.63) is 65.4 Å². The van der Waals surface area contributed by atoms with Crippen LogP contribution < -0.4 is 20.9 Å². The van der Waals surface area contributed by atoms with Gasteiger partial charge in [0.2, 0.25) is 0 Å². The number of aromatic nitrogens is 3. The fourth-order valence-electron chi connectivity index (χ4n) is 3.00. The molecule has 0 radical (unpaired) electrons. The van der Waals surface area contributed by atoms with Crippen molar-refractivity contribution in [3.8, 4) is 22.9 Å². The van der Waals surface area contributed by atoms with Crippen LogP contribution in [0, 0.1) is 0 Å². The summed E-state index contributed by atoms with van der Waals surface area (Å²) in [6, 6.07) is 14.5. The van der Waals surface area contributed by atoms with E-state index in [1.54, 1.807) is 30.5 Å². The number of hydrogen-bond donors (Lipinski definition) is 2. The van der Waals surface area contributed by atoms with Crippen molar-refractivity contribution in [1.82, 2.24) is 15.0 Å². The standard InChI is InChI=1S/C22H20ClN5O2/c1-2-29-20-11-18-15(10-17(20)24)21(25)28-22(27-18)13-6-7-19(16(23)9-13)30-12-14-5-3-4-8-26-14/h3-11H,2,12,24H2,1H3,(H2,25,27,28). The summed E-state index contributed by atoms with van der Waals surface area (Å²) in [7, 11) is 0. The van der Waals surface area contributed by atoms with Crippen LogP contribution in [0.4, 0.5) is 11.5 Å². The molecule has 0 spiro atoms. The van der Waals surface area contributed by atoms with E-state index in [1.807, 2.05) is 31.2 Å². The first-order valence-corrected chi connectivity index (χ1v) is 9.75. The molecule has 0 saturated carbocycles. The van der Waals surface area contributed by atoms with Gasteiger partial charge in [-0.25, -0.2) is 9.97 Å². The normalized spacial score (nSPS) is 10.9. The summed E-state index contributed by atoms with van der Waals surface area (Å²) >= 11 is 6.42. The minimum absolute atomic E-state index is 0.320. The predicted molar refractivity (Wildman–Crippen MR) is 119 cm³/mol. The molecule has 30 heavy (non-hydrogen) atoms. The molecule has 0 amide bonds. The number of nitrogens with two attached hydrogens (primary N) is 2. The summed E-state index contributed by atoms with van der Waals surface area (Å²) in [5, 5.41) is 1.11. The fraction of sp³-hybridized carbons (Fsp3) is 0.136. The van der Waals surface area contributed by atoms with Crippen LogP contribution in [0.15, 0.2) is 54.7 Å². The van der Waals surface area contributed by atoms with Gasteiger partial charge in [-0.05, 0) is 43.3 Å². The lowest BCUT2D eigenvalue weighted by atomic mass is 10.1. The highest BCUT2D eigenvalue weighted by atomic mass is 35.5. The van der Waals surface area contributed by atoms with Crippen molar-refractivity contribution in [3.63, 3.8) is 0 Å². The molecule has 4 N–H and O–H groups in total. The number of fused-ring (bicyclic) bond motifs is 1. The maximum absolute atomic E-state index is 6.42. The molecule has 0 bridgehead atoms. The Morgan fingerprint density at radius 1 is 0.967 bits per heavy atom. The van der Waals surface area contributed by atoms with Crippen LogP contribution in [-0.2, 0) is 6.61 Å². The average Bonchev–Trinajstić information content (AvgIpc) is 2.75. The lowest BCUT2D eigenvalue weighted by Crippen LogP contribution is -2.02. The number of ether oxygens (including phenoxy) is 2. The Hall–Kier alpha value is -3.58. The second-order valence-corrected chi connectivity index (χ2v) is 6.93. The quantitative estimate of drug-likeness (QED) is 0.441. The zero-order chi connectivity index (χ0) is 21.1. The third-order valence-electron chi connectivity index (χ3n) is 4.45. The Morgan fingerprint density at radius 3 is 2.57 bits per heavy atom. The summed E-state index contributed by atoms with van der Waals surface area (Å²) in [5.41, 5.74) is 14.8. The van der Waals surface area contributed by atoms with E-state index in [-0.39, 0.29) is 0 Å². The molecule has 4 rings (SSSR count). The largest absolute Gasteiger partial charge is 0.492 e. The van der Waals surface area contributed by atoms with Crippen LogP contribution in [0.2, 0.25) is 5.02 Å². The van der Waals surface area contributed by atoms with Gasteiger partial charge in [0.25, 0.3) is 0 Å². The van der Waals surface area contributed by atoms with Gasteiger partial charge in [-0.2, -0.15) is 0 Å². The number of hydrogen-bond acceptors (Lipinski definition) is 7. The molecule has 0 aliphatic carbocycles. The summed E-state index contributed by atoms with van der Waals surface area (Å²) in [4.78, 5) is 13.3. The Kier molecular flexibility index (Phi) is 5.54. The summed E-state index contributed by atoms with van der Waals surface area (Å²) < 4.78 is 11.3. The maximum atomic E-state index is 6.42. The second kappa shape index (κ2) is 8.42. The number of benzene rings is 2. The third kappa shape index (κ3) is 4.06. The van der Waals surface area contributed by atoms with Crippen molar-refractivity contribution < 1.29 is 9.47 Å². The van der Waals surface area contributed by atoms with Crippen LogP contribution in [0.1, 0.15) is 12.6 Å². The molecular formula is C22H20ClN5O2. The van der Waals surface area contributed by atoms with E-state index in [2.05, 4.69) is 15.0 Å². The highest BCUT2D eigenvalue weighted by Gasteiger charge is 2.13. The van der Waals surface area contributed by atoms with Crippen LogP contribution in [0.25, 0.3) is 22.3 Å². The van der Waals surface area contributed by atoms with E-state index in [4.69, 9.17) is 32.5 Å². The minimum atomic E-state index is 0.320. The second-order valence-electron chi connectivity index (χ2n) is 6.53. The van der Waals surface area contributed by atoms with Crippen molar-refractivity contribution in [2.24, 2.45) is 0 Å².